The summed E-state index contributed by atoms with van der Waals surface area (Å²) in [5, 5.41) is 11.4. The van der Waals surface area contributed by atoms with Crippen LogP contribution >= 0.6 is 23.1 Å². The van der Waals surface area contributed by atoms with E-state index in [1.165, 1.54) is 11.8 Å². The van der Waals surface area contributed by atoms with E-state index >= 15 is 0 Å². The van der Waals surface area contributed by atoms with Crippen molar-refractivity contribution in [3.05, 3.63) is 41.8 Å². The summed E-state index contributed by atoms with van der Waals surface area (Å²) in [7, 11) is 0. The lowest BCUT2D eigenvalue weighted by molar-refractivity contribution is -0.131. The molecular weight excluding hydrogens is 382 g/mol. The number of hydrogen-bond acceptors (Lipinski definition) is 7. The predicted molar refractivity (Wildman–Crippen MR) is 106 cm³/mol. The molecule has 1 aliphatic carbocycles. The maximum absolute atomic E-state index is 12.2. The molecule has 0 aliphatic heterocycles. The van der Waals surface area contributed by atoms with Crippen LogP contribution in [0.25, 0.3) is 10.7 Å². The highest BCUT2D eigenvalue weighted by Gasteiger charge is 2.30. The third-order valence-electron chi connectivity index (χ3n) is 4.00. The number of aromatic nitrogens is 3. The van der Waals surface area contributed by atoms with Gasteiger partial charge in [0.1, 0.15) is 11.5 Å². The minimum Gasteiger partial charge on any atom is -0.494 e. The summed E-state index contributed by atoms with van der Waals surface area (Å²) < 4.78 is 12.9. The van der Waals surface area contributed by atoms with E-state index in [0.717, 1.165) is 34.4 Å². The molecule has 140 valence electrons. The quantitative estimate of drug-likeness (QED) is 0.316. The molecule has 0 N–H and O–H groups in total. The Bertz CT molecular complexity index is 903. The summed E-state index contributed by atoms with van der Waals surface area (Å²) in [5.74, 6) is 2.02. The highest BCUT2D eigenvalue weighted by molar-refractivity contribution is 7.99. The van der Waals surface area contributed by atoms with Crippen molar-refractivity contribution >= 4 is 29.1 Å². The molecule has 1 fully saturated rings. The van der Waals surface area contributed by atoms with Crippen molar-refractivity contribution in [1.82, 2.24) is 14.8 Å². The molecule has 27 heavy (non-hydrogen) atoms. The third-order valence-corrected chi connectivity index (χ3v) is 5.79. The van der Waals surface area contributed by atoms with Gasteiger partial charge >= 0.3 is 5.97 Å². The number of nitrogens with zero attached hydrogens (tertiary/aromatic N) is 3. The zero-order valence-electron chi connectivity index (χ0n) is 14.8. The van der Waals surface area contributed by atoms with E-state index in [-0.39, 0.29) is 11.7 Å². The zero-order chi connectivity index (χ0) is 18.6. The summed E-state index contributed by atoms with van der Waals surface area (Å²) in [5.41, 5.74) is 0. The Morgan fingerprint density at radius 1 is 1.22 bits per heavy atom. The Morgan fingerprint density at radius 3 is 2.67 bits per heavy atom. The third kappa shape index (κ3) is 4.33. The van der Waals surface area contributed by atoms with E-state index in [0.29, 0.717) is 18.4 Å². The van der Waals surface area contributed by atoms with Gasteiger partial charge in [0.25, 0.3) is 0 Å². The van der Waals surface area contributed by atoms with E-state index in [1.54, 1.807) is 35.6 Å². The van der Waals surface area contributed by atoms with Crippen molar-refractivity contribution in [2.24, 2.45) is 0 Å². The van der Waals surface area contributed by atoms with Crippen LogP contribution in [-0.2, 0) is 4.79 Å². The van der Waals surface area contributed by atoms with Crippen LogP contribution in [0.5, 0.6) is 11.5 Å². The van der Waals surface area contributed by atoms with E-state index in [9.17, 15) is 4.79 Å². The van der Waals surface area contributed by atoms with Crippen LogP contribution in [0.15, 0.2) is 46.9 Å². The van der Waals surface area contributed by atoms with E-state index in [2.05, 4.69) is 14.8 Å². The molecule has 2 heterocycles. The molecule has 0 amide bonds. The second kappa shape index (κ2) is 8.14. The highest BCUT2D eigenvalue weighted by Crippen LogP contribution is 2.41. The van der Waals surface area contributed by atoms with E-state index in [1.807, 2.05) is 24.4 Å². The SMILES string of the molecule is CCOc1ccc(OC(=O)CSc2nnc(-c3cccs3)n2C2CC2)cc1. The molecule has 0 saturated heterocycles. The first-order chi connectivity index (χ1) is 13.2. The van der Waals surface area contributed by atoms with Gasteiger partial charge in [-0.1, -0.05) is 17.8 Å². The number of rotatable bonds is 8. The van der Waals surface area contributed by atoms with E-state index in [4.69, 9.17) is 9.47 Å². The molecule has 1 saturated carbocycles. The standard InChI is InChI=1S/C19H19N3O3S2/c1-2-24-14-7-9-15(10-8-14)25-17(23)12-27-19-21-20-18(16-4-3-11-26-16)22(19)13-5-6-13/h3-4,7-11,13H,2,5-6,12H2,1H3. The zero-order valence-corrected chi connectivity index (χ0v) is 16.5. The average molecular weight is 402 g/mol. The highest BCUT2D eigenvalue weighted by atomic mass is 32.2. The molecule has 0 bridgehead atoms. The van der Waals surface area contributed by atoms with Crippen LogP contribution in [0, 0.1) is 0 Å². The average Bonchev–Trinajstić information content (AvgIpc) is 3.19. The smallest absolute Gasteiger partial charge is 0.321 e. The molecule has 1 aromatic carbocycles. The lowest BCUT2D eigenvalue weighted by Gasteiger charge is -2.08. The number of carbonyl (C=O) groups is 1. The molecule has 0 spiro atoms. The maximum atomic E-state index is 12.2. The molecule has 0 atom stereocenters. The number of ether oxygens (including phenoxy) is 2. The molecule has 2 aromatic heterocycles. The molecule has 0 unspecified atom stereocenters. The molecule has 3 aromatic rings. The van der Waals surface area contributed by atoms with Crippen molar-refractivity contribution in [3.8, 4) is 22.2 Å². The van der Waals surface area contributed by atoms with Crippen molar-refractivity contribution in [2.45, 2.75) is 31.0 Å². The first kappa shape index (κ1) is 18.1. The first-order valence-electron chi connectivity index (χ1n) is 8.79. The number of thiophene rings is 1. The molecular formula is C19H19N3O3S2. The van der Waals surface area contributed by atoms with Crippen LogP contribution in [0.3, 0.4) is 0 Å². The molecule has 8 heteroatoms. The second-order valence-corrected chi connectivity index (χ2v) is 7.94. The second-order valence-electron chi connectivity index (χ2n) is 6.05. The summed E-state index contributed by atoms with van der Waals surface area (Å²) in [6, 6.07) is 11.5. The van der Waals surface area contributed by atoms with Gasteiger partial charge in [-0.25, -0.2) is 0 Å². The summed E-state index contributed by atoms with van der Waals surface area (Å²) in [4.78, 5) is 13.3. The Labute approximate surface area is 165 Å². The van der Waals surface area contributed by atoms with Crippen molar-refractivity contribution in [2.75, 3.05) is 12.4 Å². The summed E-state index contributed by atoms with van der Waals surface area (Å²) >= 11 is 3.01. The van der Waals surface area contributed by atoms with Crippen LogP contribution in [0.1, 0.15) is 25.8 Å². The lowest BCUT2D eigenvalue weighted by atomic mass is 10.3. The largest absolute Gasteiger partial charge is 0.494 e. The molecule has 0 radical (unpaired) electrons. The Kier molecular flexibility index (Phi) is 5.45. The van der Waals surface area contributed by atoms with Crippen LogP contribution in [0.4, 0.5) is 0 Å². The minimum atomic E-state index is -0.313. The molecule has 1 aliphatic rings. The van der Waals surface area contributed by atoms with Gasteiger partial charge in [-0.15, -0.1) is 21.5 Å². The molecule has 4 rings (SSSR count). The fourth-order valence-electron chi connectivity index (χ4n) is 2.67. The summed E-state index contributed by atoms with van der Waals surface area (Å²) in [6.07, 6.45) is 2.25. The number of hydrogen-bond donors (Lipinski definition) is 0. The number of benzene rings is 1. The van der Waals surface area contributed by atoms with Crippen molar-refractivity contribution in [1.29, 1.82) is 0 Å². The minimum absolute atomic E-state index is 0.183. The fraction of sp³-hybridized carbons (Fsp3) is 0.316. The number of carbonyl (C=O) groups excluding carboxylic acids is 1. The molecule has 6 nitrogen and oxygen atoms in total. The Hall–Kier alpha value is -2.32. The predicted octanol–water partition coefficient (Wildman–Crippen LogP) is 4.44. The summed E-state index contributed by atoms with van der Waals surface area (Å²) in [6.45, 7) is 2.53. The maximum Gasteiger partial charge on any atom is 0.321 e. The number of thioether (sulfide) groups is 1. The van der Waals surface area contributed by atoms with Gasteiger partial charge in [0, 0.05) is 6.04 Å². The van der Waals surface area contributed by atoms with Gasteiger partial charge in [0.05, 0.1) is 17.2 Å². The van der Waals surface area contributed by atoms with Gasteiger partial charge in [0.15, 0.2) is 11.0 Å². The topological polar surface area (TPSA) is 66.2 Å². The first-order valence-corrected chi connectivity index (χ1v) is 10.7. The van der Waals surface area contributed by atoms with Crippen LogP contribution < -0.4 is 9.47 Å². The van der Waals surface area contributed by atoms with Gasteiger partial charge in [0.2, 0.25) is 0 Å². The van der Waals surface area contributed by atoms with Crippen LogP contribution in [0.2, 0.25) is 0 Å². The van der Waals surface area contributed by atoms with Crippen molar-refractivity contribution in [3.63, 3.8) is 0 Å². The fourth-order valence-corrected chi connectivity index (χ4v) is 4.15. The normalized spacial score (nSPS) is 13.5. The van der Waals surface area contributed by atoms with Crippen molar-refractivity contribution < 1.29 is 14.3 Å². The van der Waals surface area contributed by atoms with E-state index < -0.39 is 0 Å². The van der Waals surface area contributed by atoms with Gasteiger partial charge < -0.3 is 9.47 Å². The van der Waals surface area contributed by atoms with Gasteiger partial charge in [-0.05, 0) is 55.5 Å². The Balaban J connectivity index is 1.39. The van der Waals surface area contributed by atoms with Gasteiger partial charge in [-0.2, -0.15) is 0 Å². The monoisotopic (exact) mass is 401 g/mol. The Morgan fingerprint density at radius 2 is 2.00 bits per heavy atom. The van der Waals surface area contributed by atoms with Gasteiger partial charge in [-0.3, -0.25) is 9.36 Å². The lowest BCUT2D eigenvalue weighted by Crippen LogP contribution is -2.11. The number of esters is 1. The van der Waals surface area contributed by atoms with Crippen LogP contribution in [-0.4, -0.2) is 33.1 Å².